The summed E-state index contributed by atoms with van der Waals surface area (Å²) in [6, 6.07) is 9.36. The van der Waals surface area contributed by atoms with Crippen LogP contribution < -0.4 is 0 Å². The van der Waals surface area contributed by atoms with Crippen molar-refractivity contribution in [3.63, 3.8) is 0 Å². The van der Waals surface area contributed by atoms with Gasteiger partial charge in [-0.3, -0.25) is 4.79 Å². The molecule has 1 aromatic rings. The number of ketones is 1. The molecule has 0 atom stereocenters. The minimum atomic E-state index is -0.695. The number of rotatable bonds is 3. The molecular formula is C12H10ClNO. The summed E-state index contributed by atoms with van der Waals surface area (Å²) >= 11 is 5.95. The molecule has 0 aliphatic heterocycles. The Hall–Kier alpha value is -1.33. The molecule has 0 radical (unpaired) electrons. The van der Waals surface area contributed by atoms with Gasteiger partial charge in [-0.1, -0.05) is 29.8 Å². The molecule has 0 heterocycles. The zero-order chi connectivity index (χ0) is 10.9. The quantitative estimate of drug-likeness (QED) is 0.785. The molecule has 0 amide bonds. The van der Waals surface area contributed by atoms with E-state index in [0.29, 0.717) is 17.9 Å². The number of Topliss-reactive ketones (excluding diaryl/α,β-unsaturated/α-hetero) is 1. The molecular weight excluding hydrogens is 210 g/mol. The van der Waals surface area contributed by atoms with Crippen molar-refractivity contribution in [3.8, 4) is 6.07 Å². The van der Waals surface area contributed by atoms with Crippen molar-refractivity contribution in [2.24, 2.45) is 5.41 Å². The molecule has 1 aliphatic rings. The maximum atomic E-state index is 11.8. The number of benzene rings is 1. The second-order valence-corrected chi connectivity index (χ2v) is 4.29. The Balaban J connectivity index is 2.14. The van der Waals surface area contributed by atoms with Crippen molar-refractivity contribution in [2.75, 3.05) is 0 Å². The predicted molar refractivity (Wildman–Crippen MR) is 57.4 cm³/mol. The van der Waals surface area contributed by atoms with Crippen LogP contribution in [0.4, 0.5) is 0 Å². The van der Waals surface area contributed by atoms with Gasteiger partial charge in [-0.25, -0.2) is 0 Å². The van der Waals surface area contributed by atoms with Crippen LogP contribution in [0, 0.1) is 16.7 Å². The van der Waals surface area contributed by atoms with E-state index in [4.69, 9.17) is 16.9 Å². The standard InChI is InChI=1S/C12H10ClNO/c13-10-4-2-1-3-9(10)7-11(15)12(8-14)5-6-12/h1-4H,5-7H2. The Bertz CT molecular complexity index is 443. The first-order valence-corrected chi connectivity index (χ1v) is 5.24. The molecule has 1 fully saturated rings. The predicted octanol–water partition coefficient (Wildman–Crippen LogP) is 2.76. The van der Waals surface area contributed by atoms with Crippen molar-refractivity contribution >= 4 is 17.4 Å². The number of halogens is 1. The summed E-state index contributed by atoms with van der Waals surface area (Å²) in [5.41, 5.74) is 0.116. The van der Waals surface area contributed by atoms with E-state index in [1.807, 2.05) is 18.2 Å². The third-order valence-corrected chi connectivity index (χ3v) is 3.18. The lowest BCUT2D eigenvalue weighted by atomic mass is 9.97. The zero-order valence-electron chi connectivity index (χ0n) is 8.16. The summed E-state index contributed by atoms with van der Waals surface area (Å²) in [7, 11) is 0. The van der Waals surface area contributed by atoms with Gasteiger partial charge in [-0.15, -0.1) is 0 Å². The highest BCUT2D eigenvalue weighted by Gasteiger charge is 2.49. The first kappa shape index (κ1) is 10.2. The molecule has 1 aliphatic carbocycles. The second kappa shape index (κ2) is 3.67. The monoisotopic (exact) mass is 219 g/mol. The molecule has 15 heavy (non-hydrogen) atoms. The third kappa shape index (κ3) is 1.88. The van der Waals surface area contributed by atoms with Crippen LogP contribution in [0.1, 0.15) is 18.4 Å². The molecule has 1 aromatic carbocycles. The van der Waals surface area contributed by atoms with E-state index in [0.717, 1.165) is 5.56 Å². The van der Waals surface area contributed by atoms with E-state index in [1.165, 1.54) is 0 Å². The van der Waals surface area contributed by atoms with Gasteiger partial charge in [0, 0.05) is 11.4 Å². The molecule has 2 nitrogen and oxygen atoms in total. The topological polar surface area (TPSA) is 40.9 Å². The van der Waals surface area contributed by atoms with Gasteiger partial charge in [-0.2, -0.15) is 5.26 Å². The fourth-order valence-electron chi connectivity index (χ4n) is 1.56. The van der Waals surface area contributed by atoms with Gasteiger partial charge in [0.25, 0.3) is 0 Å². The van der Waals surface area contributed by atoms with Crippen LogP contribution in [0.15, 0.2) is 24.3 Å². The molecule has 0 spiro atoms. The van der Waals surface area contributed by atoms with Crippen LogP contribution in [-0.4, -0.2) is 5.78 Å². The van der Waals surface area contributed by atoms with Gasteiger partial charge in [0.1, 0.15) is 5.41 Å². The summed E-state index contributed by atoms with van der Waals surface area (Å²) in [6.07, 6.45) is 1.67. The lowest BCUT2D eigenvalue weighted by molar-refractivity contribution is -0.121. The Morgan fingerprint density at radius 3 is 2.67 bits per heavy atom. The van der Waals surface area contributed by atoms with Gasteiger partial charge in [0.05, 0.1) is 6.07 Å². The number of hydrogen-bond acceptors (Lipinski definition) is 2. The highest BCUT2D eigenvalue weighted by atomic mass is 35.5. The Morgan fingerprint density at radius 1 is 1.47 bits per heavy atom. The van der Waals surface area contributed by atoms with Crippen LogP contribution in [0.5, 0.6) is 0 Å². The van der Waals surface area contributed by atoms with Crippen molar-refractivity contribution in [2.45, 2.75) is 19.3 Å². The van der Waals surface area contributed by atoms with Crippen LogP contribution in [0.25, 0.3) is 0 Å². The van der Waals surface area contributed by atoms with Crippen LogP contribution in [-0.2, 0) is 11.2 Å². The van der Waals surface area contributed by atoms with E-state index in [1.54, 1.807) is 6.07 Å². The van der Waals surface area contributed by atoms with Crippen molar-refractivity contribution in [1.29, 1.82) is 5.26 Å². The number of nitriles is 1. The lowest BCUT2D eigenvalue weighted by Crippen LogP contribution is -2.16. The van der Waals surface area contributed by atoms with Gasteiger partial charge >= 0.3 is 0 Å². The average Bonchev–Trinajstić information content (AvgIpc) is 3.02. The number of carbonyl (C=O) groups excluding carboxylic acids is 1. The minimum absolute atomic E-state index is 0.00176. The van der Waals surface area contributed by atoms with E-state index < -0.39 is 5.41 Å². The van der Waals surface area contributed by atoms with Crippen molar-refractivity contribution in [3.05, 3.63) is 34.9 Å². The lowest BCUT2D eigenvalue weighted by Gasteiger charge is -2.06. The molecule has 0 N–H and O–H groups in total. The van der Waals surface area contributed by atoms with Crippen molar-refractivity contribution < 1.29 is 4.79 Å². The SMILES string of the molecule is N#CC1(C(=O)Cc2ccccc2Cl)CC1. The maximum absolute atomic E-state index is 11.8. The summed E-state index contributed by atoms with van der Waals surface area (Å²) in [4.78, 5) is 11.8. The minimum Gasteiger partial charge on any atom is -0.298 e. The van der Waals surface area contributed by atoms with Gasteiger partial charge < -0.3 is 0 Å². The molecule has 0 bridgehead atoms. The average molecular weight is 220 g/mol. The second-order valence-electron chi connectivity index (χ2n) is 3.89. The molecule has 0 aromatic heterocycles. The van der Waals surface area contributed by atoms with Crippen molar-refractivity contribution in [1.82, 2.24) is 0 Å². The number of hydrogen-bond donors (Lipinski definition) is 0. The molecule has 0 saturated heterocycles. The normalized spacial score (nSPS) is 16.8. The van der Waals surface area contributed by atoms with Gasteiger partial charge in [0.15, 0.2) is 5.78 Å². The maximum Gasteiger partial charge on any atom is 0.157 e. The van der Waals surface area contributed by atoms with E-state index in [9.17, 15) is 4.79 Å². The Labute approximate surface area is 93.5 Å². The fraction of sp³-hybridized carbons (Fsp3) is 0.333. The van der Waals surface area contributed by atoms with E-state index in [2.05, 4.69) is 6.07 Å². The van der Waals surface area contributed by atoms with E-state index in [-0.39, 0.29) is 12.2 Å². The summed E-state index contributed by atoms with van der Waals surface area (Å²) in [5, 5.41) is 9.47. The summed E-state index contributed by atoms with van der Waals surface area (Å²) in [6.45, 7) is 0. The van der Waals surface area contributed by atoms with Crippen LogP contribution >= 0.6 is 11.6 Å². The fourth-order valence-corrected chi connectivity index (χ4v) is 1.76. The summed E-state index contributed by atoms with van der Waals surface area (Å²) in [5.74, 6) is -0.00176. The summed E-state index contributed by atoms with van der Waals surface area (Å²) < 4.78 is 0. The number of nitrogens with zero attached hydrogens (tertiary/aromatic N) is 1. The molecule has 3 heteroatoms. The number of carbonyl (C=O) groups is 1. The molecule has 2 rings (SSSR count). The largest absolute Gasteiger partial charge is 0.298 e. The highest BCUT2D eigenvalue weighted by Crippen LogP contribution is 2.46. The van der Waals surface area contributed by atoms with E-state index >= 15 is 0 Å². The molecule has 0 unspecified atom stereocenters. The van der Waals surface area contributed by atoms with Crippen LogP contribution in [0.3, 0.4) is 0 Å². The Morgan fingerprint density at radius 2 is 2.13 bits per heavy atom. The van der Waals surface area contributed by atoms with Gasteiger partial charge in [0.2, 0.25) is 0 Å². The first-order chi connectivity index (χ1) is 7.18. The molecule has 76 valence electrons. The highest BCUT2D eigenvalue weighted by molar-refractivity contribution is 6.31. The third-order valence-electron chi connectivity index (χ3n) is 2.81. The Kier molecular flexibility index (Phi) is 2.50. The van der Waals surface area contributed by atoms with Crippen LogP contribution in [0.2, 0.25) is 5.02 Å². The zero-order valence-corrected chi connectivity index (χ0v) is 8.92. The first-order valence-electron chi connectivity index (χ1n) is 4.86. The smallest absolute Gasteiger partial charge is 0.157 e. The van der Waals surface area contributed by atoms with Gasteiger partial charge in [-0.05, 0) is 24.5 Å². The molecule has 1 saturated carbocycles.